The van der Waals surface area contributed by atoms with Crippen molar-refractivity contribution in [2.75, 3.05) is 30.4 Å². The Bertz CT molecular complexity index is 896. The summed E-state index contributed by atoms with van der Waals surface area (Å²) >= 11 is 0. The van der Waals surface area contributed by atoms with Crippen LogP contribution < -0.4 is 10.2 Å². The van der Waals surface area contributed by atoms with E-state index in [1.165, 1.54) is 0 Å². The summed E-state index contributed by atoms with van der Waals surface area (Å²) in [6.07, 6.45) is 1.56. The monoisotopic (exact) mass is 365 g/mol. The van der Waals surface area contributed by atoms with E-state index in [9.17, 15) is 4.79 Å². The topological polar surface area (TPSA) is 67.6 Å². The molecule has 6 heteroatoms. The van der Waals surface area contributed by atoms with E-state index in [0.29, 0.717) is 12.6 Å². The number of hydrogen-bond acceptors (Lipinski definition) is 5. The molecule has 1 aliphatic heterocycles. The first-order valence-electron chi connectivity index (χ1n) is 9.22. The second kappa shape index (κ2) is 7.80. The number of hydrogen-bond donors (Lipinski definition) is 1. The number of piperidine rings is 1. The zero-order valence-electron chi connectivity index (χ0n) is 15.4. The Balaban J connectivity index is 1.35. The van der Waals surface area contributed by atoms with Gasteiger partial charge in [-0.2, -0.15) is 4.98 Å². The number of nitrogens with zero attached hydrogens (tertiary/aromatic N) is 2. The van der Waals surface area contributed by atoms with Crippen LogP contribution in [0.15, 0.2) is 52.9 Å². The van der Waals surface area contributed by atoms with Crippen molar-refractivity contribution in [3.05, 3.63) is 54.1 Å². The fourth-order valence-electron chi connectivity index (χ4n) is 3.48. The van der Waals surface area contributed by atoms with Crippen molar-refractivity contribution in [1.82, 2.24) is 4.98 Å². The summed E-state index contributed by atoms with van der Waals surface area (Å²) in [5, 5.41) is 3.03. The first kappa shape index (κ1) is 17.5. The van der Waals surface area contributed by atoms with E-state index in [1.54, 1.807) is 7.11 Å². The van der Waals surface area contributed by atoms with E-state index in [2.05, 4.69) is 15.2 Å². The van der Waals surface area contributed by atoms with Crippen molar-refractivity contribution in [2.45, 2.75) is 19.4 Å². The van der Waals surface area contributed by atoms with Gasteiger partial charge in [-0.05, 0) is 42.7 Å². The van der Waals surface area contributed by atoms with Crippen LogP contribution in [-0.2, 0) is 16.1 Å². The SMILES string of the molecule is COCc1cccc(NC(=O)C2CCN(c3nc4ccccc4o3)CC2)c1. The Morgan fingerprint density at radius 3 is 2.81 bits per heavy atom. The van der Waals surface area contributed by atoms with E-state index in [1.807, 2.05) is 48.5 Å². The molecule has 0 saturated carbocycles. The molecule has 0 spiro atoms. The van der Waals surface area contributed by atoms with Gasteiger partial charge in [0.15, 0.2) is 5.58 Å². The molecular formula is C21H23N3O3. The quantitative estimate of drug-likeness (QED) is 0.744. The van der Waals surface area contributed by atoms with Gasteiger partial charge in [0.1, 0.15) is 5.52 Å². The Morgan fingerprint density at radius 1 is 1.22 bits per heavy atom. The average molecular weight is 365 g/mol. The lowest BCUT2D eigenvalue weighted by molar-refractivity contribution is -0.120. The highest BCUT2D eigenvalue weighted by molar-refractivity contribution is 5.92. The molecule has 1 amide bonds. The smallest absolute Gasteiger partial charge is 0.298 e. The van der Waals surface area contributed by atoms with Crippen molar-refractivity contribution in [1.29, 1.82) is 0 Å². The fourth-order valence-corrected chi connectivity index (χ4v) is 3.48. The lowest BCUT2D eigenvalue weighted by Gasteiger charge is -2.30. The number of nitrogens with one attached hydrogen (secondary N) is 1. The summed E-state index contributed by atoms with van der Waals surface area (Å²) in [5.74, 6) is 0.0680. The number of methoxy groups -OCH3 is 1. The van der Waals surface area contributed by atoms with Crippen LogP contribution in [0.3, 0.4) is 0 Å². The number of ether oxygens (including phenoxy) is 1. The van der Waals surface area contributed by atoms with Crippen LogP contribution in [0.2, 0.25) is 0 Å². The molecule has 27 heavy (non-hydrogen) atoms. The molecule has 1 aliphatic rings. The van der Waals surface area contributed by atoms with Gasteiger partial charge in [-0.25, -0.2) is 0 Å². The summed E-state index contributed by atoms with van der Waals surface area (Å²) in [5.41, 5.74) is 3.52. The zero-order valence-corrected chi connectivity index (χ0v) is 15.4. The highest BCUT2D eigenvalue weighted by atomic mass is 16.5. The predicted molar refractivity (Wildman–Crippen MR) is 105 cm³/mol. The van der Waals surface area contributed by atoms with Gasteiger partial charge in [-0.1, -0.05) is 24.3 Å². The van der Waals surface area contributed by atoms with Crippen LogP contribution >= 0.6 is 0 Å². The lowest BCUT2D eigenvalue weighted by atomic mass is 9.96. The van der Waals surface area contributed by atoms with Gasteiger partial charge in [0.2, 0.25) is 5.91 Å². The van der Waals surface area contributed by atoms with Crippen LogP contribution in [0.4, 0.5) is 11.7 Å². The van der Waals surface area contributed by atoms with E-state index >= 15 is 0 Å². The molecule has 1 N–H and O–H groups in total. The summed E-state index contributed by atoms with van der Waals surface area (Å²) < 4.78 is 11.0. The van der Waals surface area contributed by atoms with Gasteiger partial charge in [0.05, 0.1) is 6.61 Å². The summed E-state index contributed by atoms with van der Waals surface area (Å²) in [6.45, 7) is 2.05. The molecule has 1 fully saturated rings. The number of anilines is 2. The van der Waals surface area contributed by atoms with Crippen molar-refractivity contribution in [3.8, 4) is 0 Å². The summed E-state index contributed by atoms with van der Waals surface area (Å²) in [7, 11) is 1.66. The minimum atomic E-state index is -0.00305. The Hall–Kier alpha value is -2.86. The molecule has 2 aromatic carbocycles. The number of benzene rings is 2. The van der Waals surface area contributed by atoms with Gasteiger partial charge in [0.25, 0.3) is 6.01 Å². The number of para-hydroxylation sites is 2. The molecule has 0 aliphatic carbocycles. The molecule has 0 unspecified atom stereocenters. The molecule has 1 saturated heterocycles. The van der Waals surface area contributed by atoms with Crippen molar-refractivity contribution < 1.29 is 13.9 Å². The third-order valence-corrected chi connectivity index (χ3v) is 4.92. The largest absolute Gasteiger partial charge is 0.423 e. The van der Waals surface area contributed by atoms with E-state index in [0.717, 1.165) is 48.3 Å². The predicted octanol–water partition coefficient (Wildman–Crippen LogP) is 3.83. The van der Waals surface area contributed by atoms with Gasteiger partial charge >= 0.3 is 0 Å². The molecule has 140 valence electrons. The molecule has 0 radical (unpaired) electrons. The molecule has 1 aromatic heterocycles. The highest BCUT2D eigenvalue weighted by Crippen LogP contribution is 2.27. The maximum Gasteiger partial charge on any atom is 0.298 e. The van der Waals surface area contributed by atoms with Gasteiger partial charge in [0, 0.05) is 31.8 Å². The van der Waals surface area contributed by atoms with E-state index < -0.39 is 0 Å². The number of carbonyl (C=O) groups excluding carboxylic acids is 1. The number of oxazole rings is 1. The third-order valence-electron chi connectivity index (χ3n) is 4.92. The van der Waals surface area contributed by atoms with Gasteiger partial charge in [-0.3, -0.25) is 4.79 Å². The molecular weight excluding hydrogens is 342 g/mol. The Labute approximate surface area is 158 Å². The molecule has 0 atom stereocenters. The van der Waals surface area contributed by atoms with Gasteiger partial charge < -0.3 is 19.4 Å². The minimum absolute atomic E-state index is 0.00305. The average Bonchev–Trinajstić information content (AvgIpc) is 3.13. The van der Waals surface area contributed by atoms with Crippen LogP contribution in [0.25, 0.3) is 11.1 Å². The number of aromatic nitrogens is 1. The third kappa shape index (κ3) is 3.95. The summed E-state index contributed by atoms with van der Waals surface area (Å²) in [6, 6.07) is 16.2. The van der Waals surface area contributed by atoms with E-state index in [-0.39, 0.29) is 11.8 Å². The maximum atomic E-state index is 12.6. The zero-order chi connectivity index (χ0) is 18.6. The normalized spacial score (nSPS) is 15.2. The van der Waals surface area contributed by atoms with Crippen molar-refractivity contribution in [3.63, 3.8) is 0 Å². The van der Waals surface area contributed by atoms with Crippen LogP contribution in [-0.4, -0.2) is 31.1 Å². The van der Waals surface area contributed by atoms with Crippen LogP contribution in [0.1, 0.15) is 18.4 Å². The number of carbonyl (C=O) groups is 1. The highest BCUT2D eigenvalue weighted by Gasteiger charge is 2.27. The molecule has 4 rings (SSSR count). The van der Waals surface area contributed by atoms with Gasteiger partial charge in [-0.15, -0.1) is 0 Å². The molecule has 6 nitrogen and oxygen atoms in total. The second-order valence-corrected chi connectivity index (χ2v) is 6.85. The first-order chi connectivity index (χ1) is 13.2. The molecule has 2 heterocycles. The number of fused-ring (bicyclic) bond motifs is 1. The van der Waals surface area contributed by atoms with Crippen molar-refractivity contribution >= 4 is 28.7 Å². The standard InChI is InChI=1S/C21H23N3O3/c1-26-14-15-5-4-6-17(13-15)22-20(25)16-9-11-24(12-10-16)21-23-18-7-2-3-8-19(18)27-21/h2-8,13,16H,9-12,14H2,1H3,(H,22,25). The number of rotatable bonds is 5. The lowest BCUT2D eigenvalue weighted by Crippen LogP contribution is -2.38. The minimum Gasteiger partial charge on any atom is -0.423 e. The molecule has 3 aromatic rings. The second-order valence-electron chi connectivity index (χ2n) is 6.85. The first-order valence-corrected chi connectivity index (χ1v) is 9.22. The van der Waals surface area contributed by atoms with E-state index in [4.69, 9.17) is 9.15 Å². The maximum absolute atomic E-state index is 12.6. The molecule has 0 bridgehead atoms. The fraction of sp³-hybridized carbons (Fsp3) is 0.333. The van der Waals surface area contributed by atoms with Crippen molar-refractivity contribution in [2.24, 2.45) is 5.92 Å². The van der Waals surface area contributed by atoms with Crippen LogP contribution in [0.5, 0.6) is 0 Å². The Kier molecular flexibility index (Phi) is 5.07. The Morgan fingerprint density at radius 2 is 2.04 bits per heavy atom. The number of amides is 1. The summed E-state index contributed by atoms with van der Waals surface area (Å²) in [4.78, 5) is 19.3. The van der Waals surface area contributed by atoms with Crippen LogP contribution in [0, 0.1) is 5.92 Å².